The van der Waals surface area contributed by atoms with E-state index in [4.69, 9.17) is 30.5 Å². The van der Waals surface area contributed by atoms with Crippen molar-refractivity contribution in [3.05, 3.63) is 108 Å². The molecule has 312 valence electrons. The van der Waals surface area contributed by atoms with E-state index >= 15 is 0 Å². The highest BCUT2D eigenvalue weighted by Gasteiger charge is 2.34. The summed E-state index contributed by atoms with van der Waals surface area (Å²) < 4.78 is 23.8. The Hall–Kier alpha value is -3.96. The van der Waals surface area contributed by atoms with E-state index in [-0.39, 0.29) is 24.3 Å². The first-order chi connectivity index (χ1) is 27.3. The Balaban J connectivity index is 0.000000215. The van der Waals surface area contributed by atoms with Gasteiger partial charge in [-0.1, -0.05) is 112 Å². The quantitative estimate of drug-likeness (QED) is 0.0713. The summed E-state index contributed by atoms with van der Waals surface area (Å²) in [6, 6.07) is 22.2. The molecule has 0 bridgehead atoms. The molecule has 0 radical (unpaired) electrons. The van der Waals surface area contributed by atoms with Crippen LogP contribution in [0.5, 0.6) is 0 Å². The van der Waals surface area contributed by atoms with E-state index < -0.39 is 16.1 Å². The van der Waals surface area contributed by atoms with Gasteiger partial charge in [-0.15, -0.1) is 0 Å². The molecule has 2 saturated heterocycles. The minimum atomic E-state index is -1.10. The molecule has 2 fully saturated rings. The average molecular weight is 840 g/mol. The van der Waals surface area contributed by atoms with Crippen LogP contribution in [0.4, 0.5) is 9.59 Å². The van der Waals surface area contributed by atoms with Gasteiger partial charge < -0.3 is 28.5 Å². The van der Waals surface area contributed by atoms with Crippen molar-refractivity contribution in [3.63, 3.8) is 0 Å². The molecule has 6 rings (SSSR count). The first-order valence-electron chi connectivity index (χ1n) is 20.0. The maximum atomic E-state index is 12.7. The fourth-order valence-electron chi connectivity index (χ4n) is 6.35. The second-order valence-electron chi connectivity index (χ2n) is 16.8. The number of H-pyrrole nitrogens is 1. The van der Waals surface area contributed by atoms with Crippen LogP contribution < -0.4 is 0 Å². The summed E-state index contributed by atoms with van der Waals surface area (Å²) in [4.78, 5) is 39.8. The Morgan fingerprint density at radius 3 is 1.77 bits per heavy atom. The number of imidazole rings is 2. The lowest BCUT2D eigenvalue weighted by molar-refractivity contribution is 0.0753. The summed E-state index contributed by atoms with van der Waals surface area (Å²) >= 11 is 5.32. The number of amides is 2. The molecule has 2 amide bonds. The first kappa shape index (κ1) is 45.7. The number of rotatable bonds is 15. The van der Waals surface area contributed by atoms with Crippen LogP contribution in [-0.4, -0.2) is 90.0 Å². The van der Waals surface area contributed by atoms with Gasteiger partial charge in [0.1, 0.15) is 26.0 Å². The topological polar surface area (TPSA) is 124 Å². The average Bonchev–Trinajstić information content (AvgIpc) is 4.03. The lowest BCUT2D eigenvalue weighted by atomic mass is 10.1. The molecular weight excluding hydrogens is 776 g/mol. The highest BCUT2D eigenvalue weighted by molar-refractivity contribution is 6.76. The highest BCUT2D eigenvalue weighted by atomic mass is 35.5. The molecule has 15 heteroatoms. The van der Waals surface area contributed by atoms with E-state index in [0.717, 1.165) is 74.0 Å². The van der Waals surface area contributed by atoms with Gasteiger partial charge in [0.25, 0.3) is 0 Å². The number of nitrogens with one attached hydrogen (secondary N) is 1. The van der Waals surface area contributed by atoms with Crippen molar-refractivity contribution in [1.29, 1.82) is 0 Å². The molecule has 0 spiro atoms. The Labute approximate surface area is 346 Å². The molecule has 4 heterocycles. The van der Waals surface area contributed by atoms with Crippen molar-refractivity contribution in [3.8, 4) is 0 Å². The molecule has 2 aromatic heterocycles. The van der Waals surface area contributed by atoms with Crippen molar-refractivity contribution >= 4 is 39.9 Å². The normalized spacial score (nSPS) is 16.7. The molecule has 2 aromatic carbocycles. The lowest BCUT2D eigenvalue weighted by Crippen LogP contribution is -2.32. The summed E-state index contributed by atoms with van der Waals surface area (Å²) in [5.74, 6) is 0. The van der Waals surface area contributed by atoms with Gasteiger partial charge in [0.2, 0.25) is 0 Å². The highest BCUT2D eigenvalue weighted by Crippen LogP contribution is 2.33. The number of nitrogens with zero attached hydrogens (tertiary/aromatic N) is 5. The second kappa shape index (κ2) is 23.4. The van der Waals surface area contributed by atoms with E-state index in [9.17, 15) is 9.59 Å². The first-order valence-corrected chi connectivity index (χ1v) is 27.9. The zero-order valence-electron chi connectivity index (χ0n) is 34.7. The third-order valence-corrected chi connectivity index (χ3v) is 13.2. The molecule has 2 aliphatic rings. The van der Waals surface area contributed by atoms with Gasteiger partial charge in [0.05, 0.1) is 48.5 Å². The molecule has 0 aliphatic carbocycles. The van der Waals surface area contributed by atoms with Crippen LogP contribution in [0.3, 0.4) is 0 Å². The largest absolute Gasteiger partial charge is 0.445 e. The molecule has 12 nitrogen and oxygen atoms in total. The van der Waals surface area contributed by atoms with Crippen molar-refractivity contribution in [2.45, 2.75) is 109 Å². The number of alkyl halides is 1. The number of benzene rings is 2. The smallest absolute Gasteiger partial charge is 0.410 e. The van der Waals surface area contributed by atoms with E-state index in [0.29, 0.717) is 32.6 Å². The van der Waals surface area contributed by atoms with Gasteiger partial charge in [-0.05, 0) is 48.9 Å². The molecule has 2 atom stereocenters. The number of carbonyl (C=O) groups excluding carboxylic acids is 2. The maximum Gasteiger partial charge on any atom is 0.410 e. The number of aromatic nitrogens is 4. The van der Waals surface area contributed by atoms with Gasteiger partial charge in [0, 0.05) is 42.5 Å². The number of aromatic amines is 1. The SMILES string of the molecule is C[Si](C)(C)CCOCCl.C[Si](C)(C)CCOCn1cncc1[C@@H]1CCCN1C(=O)OCc1ccccc1.O=C(OCc1ccccc1)N1CCC[C@H]1c1cnc[nH]1. The minimum absolute atomic E-state index is 0.00800. The molecule has 57 heavy (non-hydrogen) atoms. The lowest BCUT2D eigenvalue weighted by Gasteiger charge is -2.25. The van der Waals surface area contributed by atoms with Gasteiger partial charge in [0.15, 0.2) is 0 Å². The van der Waals surface area contributed by atoms with Gasteiger partial charge in [-0.25, -0.2) is 19.6 Å². The van der Waals surface area contributed by atoms with Crippen LogP contribution in [0.25, 0.3) is 0 Å². The van der Waals surface area contributed by atoms with E-state index in [1.165, 1.54) is 6.04 Å². The standard InChI is InChI=1S/C21H31N3O3Si.C15H17N3O2.C6H15ClOSi/c1-28(2,3)13-12-26-17-23-16-22-14-20(23)19-10-7-11-24(19)21(25)27-15-18-8-5-4-6-9-18;19-15(20-10-12-5-2-1-3-6-12)18-8-4-7-14(18)13-9-16-11-17-13;1-9(2,3)5-4-8-6-7/h4-6,8-9,14,16,19H,7,10-13,15,17H2,1-3H3;1-3,5-6,9,11,14H,4,7-8,10H2,(H,16,17);4-6H2,1-3H3/t19-;14-;/m00./s1. The molecule has 0 saturated carbocycles. The predicted molar refractivity (Wildman–Crippen MR) is 230 cm³/mol. The number of likely N-dealkylation sites (tertiary alicyclic amines) is 2. The zero-order chi connectivity index (χ0) is 41.1. The van der Waals surface area contributed by atoms with Crippen molar-refractivity contribution in [2.24, 2.45) is 0 Å². The van der Waals surface area contributed by atoms with Crippen LogP contribution in [0, 0.1) is 0 Å². The number of halogens is 1. The molecular formula is C42H63ClN6O6Si2. The number of hydrogen-bond donors (Lipinski definition) is 1. The third-order valence-electron chi connectivity index (χ3n) is 9.65. The number of carbonyl (C=O) groups is 2. The van der Waals surface area contributed by atoms with Gasteiger partial charge in [-0.3, -0.25) is 9.80 Å². The van der Waals surface area contributed by atoms with Crippen molar-refractivity contribution in [1.82, 2.24) is 29.3 Å². The van der Waals surface area contributed by atoms with Gasteiger partial charge >= 0.3 is 12.2 Å². The number of hydrogen-bond acceptors (Lipinski definition) is 8. The Bertz CT molecular complexity index is 1720. The van der Waals surface area contributed by atoms with E-state index in [1.807, 2.05) is 76.3 Å². The summed E-state index contributed by atoms with van der Waals surface area (Å²) in [7, 11) is -1.98. The second-order valence-corrected chi connectivity index (χ2v) is 28.2. The van der Waals surface area contributed by atoms with Crippen molar-refractivity contribution in [2.75, 3.05) is 32.4 Å². The predicted octanol–water partition coefficient (Wildman–Crippen LogP) is 10.1. The molecule has 2 aliphatic heterocycles. The van der Waals surface area contributed by atoms with Crippen LogP contribution in [-0.2, 0) is 38.9 Å². The van der Waals surface area contributed by atoms with E-state index in [1.54, 1.807) is 23.8 Å². The summed E-state index contributed by atoms with van der Waals surface area (Å²) in [5.41, 5.74) is 3.98. The monoisotopic (exact) mass is 838 g/mol. The summed E-state index contributed by atoms with van der Waals surface area (Å²) in [6.07, 6.45) is 10.3. The van der Waals surface area contributed by atoms with Crippen molar-refractivity contribution < 1.29 is 28.5 Å². The fourth-order valence-corrected chi connectivity index (χ4v) is 7.97. The Kier molecular flexibility index (Phi) is 18.8. The van der Waals surface area contributed by atoms with Crippen LogP contribution in [0.2, 0.25) is 51.4 Å². The maximum absolute atomic E-state index is 12.7. The summed E-state index contributed by atoms with van der Waals surface area (Å²) in [6.45, 7) is 18.1. The zero-order valence-corrected chi connectivity index (χ0v) is 37.5. The number of ether oxygens (including phenoxy) is 4. The van der Waals surface area contributed by atoms with Crippen LogP contribution in [0.15, 0.2) is 85.7 Å². The third kappa shape index (κ3) is 16.4. The van der Waals surface area contributed by atoms with Gasteiger partial charge in [-0.2, -0.15) is 0 Å². The Morgan fingerprint density at radius 1 is 0.737 bits per heavy atom. The van der Waals surface area contributed by atoms with Crippen LogP contribution in [0.1, 0.15) is 60.3 Å². The van der Waals surface area contributed by atoms with E-state index in [2.05, 4.69) is 54.2 Å². The molecule has 4 aromatic rings. The Morgan fingerprint density at radius 2 is 1.26 bits per heavy atom. The fraction of sp³-hybridized carbons (Fsp3) is 0.524. The molecule has 0 unspecified atom stereocenters. The summed E-state index contributed by atoms with van der Waals surface area (Å²) in [5, 5.41) is 0. The molecule has 1 N–H and O–H groups in total. The van der Waals surface area contributed by atoms with Crippen LogP contribution >= 0.6 is 11.6 Å². The minimum Gasteiger partial charge on any atom is -0.445 e.